The number of nitrogens with two attached hydrogens (primary N) is 1. The minimum Gasteiger partial charge on any atom is -0.379 e. The van der Waals surface area contributed by atoms with E-state index < -0.39 is 0 Å². The van der Waals surface area contributed by atoms with Crippen LogP contribution in [0.2, 0.25) is 0 Å². The first kappa shape index (κ1) is 13.7. The molecule has 0 aliphatic rings. The molecule has 0 radical (unpaired) electrons. The summed E-state index contributed by atoms with van der Waals surface area (Å²) in [6.45, 7) is 3.17. The molecule has 1 aromatic heterocycles. The van der Waals surface area contributed by atoms with Gasteiger partial charge >= 0.3 is 0 Å². The summed E-state index contributed by atoms with van der Waals surface area (Å²) in [6, 6.07) is 9.65. The Morgan fingerprint density at radius 3 is 2.84 bits per heavy atom. The Balaban J connectivity index is 1.91. The minimum atomic E-state index is -0.333. The molecule has 1 heterocycles. The third-order valence-electron chi connectivity index (χ3n) is 2.66. The number of rotatable bonds is 7. The Hall–Kier alpha value is -1.72. The molecule has 0 fully saturated rings. The van der Waals surface area contributed by atoms with Gasteiger partial charge in [0.2, 0.25) is 5.89 Å². The van der Waals surface area contributed by atoms with E-state index >= 15 is 0 Å². The van der Waals surface area contributed by atoms with Crippen molar-refractivity contribution in [3.05, 3.63) is 47.6 Å². The highest BCUT2D eigenvalue weighted by molar-refractivity contribution is 5.18. The molecule has 102 valence electrons. The van der Waals surface area contributed by atoms with Crippen LogP contribution in [0.15, 0.2) is 34.9 Å². The molecular formula is C14H19N3O2. The highest BCUT2D eigenvalue weighted by atomic mass is 16.5. The highest BCUT2D eigenvalue weighted by Crippen LogP contribution is 2.11. The quantitative estimate of drug-likeness (QED) is 0.772. The molecule has 2 N–H and O–H groups in total. The van der Waals surface area contributed by atoms with E-state index in [0.717, 1.165) is 12.0 Å². The fourth-order valence-electron chi connectivity index (χ4n) is 1.69. The van der Waals surface area contributed by atoms with Crippen LogP contribution in [0.3, 0.4) is 0 Å². The van der Waals surface area contributed by atoms with Gasteiger partial charge in [-0.3, -0.25) is 0 Å². The van der Waals surface area contributed by atoms with Crippen LogP contribution in [0, 0.1) is 0 Å². The first-order chi connectivity index (χ1) is 9.29. The molecule has 19 heavy (non-hydrogen) atoms. The molecule has 0 saturated heterocycles. The second kappa shape index (κ2) is 7.01. The van der Waals surface area contributed by atoms with Crippen molar-refractivity contribution in [2.75, 3.05) is 13.2 Å². The normalized spacial score (nSPS) is 12.5. The van der Waals surface area contributed by atoms with Crippen molar-refractivity contribution in [3.63, 3.8) is 0 Å². The predicted octanol–water partition coefficient (Wildman–Crippen LogP) is 2.09. The van der Waals surface area contributed by atoms with Crippen LogP contribution in [0.4, 0.5) is 0 Å². The SMILES string of the molecule is CCCOCC(N)c1noc(Cc2ccccc2)n1. The van der Waals surface area contributed by atoms with Gasteiger partial charge in [-0.15, -0.1) is 0 Å². The van der Waals surface area contributed by atoms with Crippen molar-refractivity contribution in [1.82, 2.24) is 10.1 Å². The van der Waals surface area contributed by atoms with Gasteiger partial charge < -0.3 is 15.0 Å². The van der Waals surface area contributed by atoms with Gasteiger partial charge in [-0.25, -0.2) is 0 Å². The van der Waals surface area contributed by atoms with Gasteiger partial charge in [0.25, 0.3) is 0 Å². The van der Waals surface area contributed by atoms with Gasteiger partial charge in [-0.05, 0) is 12.0 Å². The van der Waals surface area contributed by atoms with Gasteiger partial charge in [0.05, 0.1) is 19.1 Å². The monoisotopic (exact) mass is 261 g/mol. The summed E-state index contributed by atoms with van der Waals surface area (Å²) in [7, 11) is 0. The topological polar surface area (TPSA) is 74.2 Å². The molecule has 0 aliphatic heterocycles. The molecule has 1 unspecified atom stereocenters. The second-order valence-electron chi connectivity index (χ2n) is 4.39. The summed E-state index contributed by atoms with van der Waals surface area (Å²) >= 11 is 0. The molecule has 0 bridgehead atoms. The van der Waals surface area contributed by atoms with Gasteiger partial charge in [-0.1, -0.05) is 42.4 Å². The van der Waals surface area contributed by atoms with E-state index in [9.17, 15) is 0 Å². The Kier molecular flexibility index (Phi) is 5.06. The molecule has 2 rings (SSSR count). The fraction of sp³-hybridized carbons (Fsp3) is 0.429. The Bertz CT molecular complexity index is 484. The molecule has 1 aromatic carbocycles. The summed E-state index contributed by atoms with van der Waals surface area (Å²) in [5.41, 5.74) is 7.07. The summed E-state index contributed by atoms with van der Waals surface area (Å²) in [4.78, 5) is 4.30. The van der Waals surface area contributed by atoms with Crippen molar-refractivity contribution in [2.24, 2.45) is 5.73 Å². The maximum atomic E-state index is 5.93. The van der Waals surface area contributed by atoms with E-state index in [-0.39, 0.29) is 6.04 Å². The van der Waals surface area contributed by atoms with Crippen LogP contribution in [0.5, 0.6) is 0 Å². The number of nitrogens with zero attached hydrogens (tertiary/aromatic N) is 2. The lowest BCUT2D eigenvalue weighted by Crippen LogP contribution is -2.18. The van der Waals surface area contributed by atoms with E-state index in [1.165, 1.54) is 0 Å². The van der Waals surface area contributed by atoms with E-state index in [0.29, 0.717) is 31.3 Å². The third kappa shape index (κ3) is 4.15. The molecule has 2 aromatic rings. The van der Waals surface area contributed by atoms with Crippen LogP contribution in [0.25, 0.3) is 0 Å². The Labute approximate surface area is 112 Å². The van der Waals surface area contributed by atoms with Gasteiger partial charge in [0.15, 0.2) is 5.82 Å². The summed E-state index contributed by atoms with van der Waals surface area (Å²) in [5, 5.41) is 3.90. The second-order valence-corrected chi connectivity index (χ2v) is 4.39. The van der Waals surface area contributed by atoms with Crippen molar-refractivity contribution >= 4 is 0 Å². The molecular weight excluding hydrogens is 242 g/mol. The lowest BCUT2D eigenvalue weighted by Gasteiger charge is -2.06. The molecule has 0 spiro atoms. The zero-order valence-corrected chi connectivity index (χ0v) is 11.1. The first-order valence-corrected chi connectivity index (χ1v) is 6.49. The fourth-order valence-corrected chi connectivity index (χ4v) is 1.69. The molecule has 1 atom stereocenters. The average molecular weight is 261 g/mol. The number of hydrogen-bond acceptors (Lipinski definition) is 5. The molecule has 5 nitrogen and oxygen atoms in total. The zero-order valence-electron chi connectivity index (χ0n) is 11.1. The van der Waals surface area contributed by atoms with Gasteiger partial charge in [0.1, 0.15) is 0 Å². The number of aromatic nitrogens is 2. The van der Waals surface area contributed by atoms with Crippen molar-refractivity contribution in [3.8, 4) is 0 Å². The molecule has 0 aliphatic carbocycles. The summed E-state index contributed by atoms with van der Waals surface area (Å²) in [5.74, 6) is 1.08. The minimum absolute atomic E-state index is 0.333. The number of hydrogen-bond donors (Lipinski definition) is 1. The largest absolute Gasteiger partial charge is 0.379 e. The summed E-state index contributed by atoms with van der Waals surface area (Å²) in [6.07, 6.45) is 1.59. The van der Waals surface area contributed by atoms with Crippen LogP contribution >= 0.6 is 0 Å². The van der Waals surface area contributed by atoms with E-state index in [1.54, 1.807) is 0 Å². The highest BCUT2D eigenvalue weighted by Gasteiger charge is 2.14. The Morgan fingerprint density at radius 2 is 2.11 bits per heavy atom. The number of ether oxygens (including phenoxy) is 1. The maximum absolute atomic E-state index is 5.93. The van der Waals surface area contributed by atoms with Crippen molar-refractivity contribution in [2.45, 2.75) is 25.8 Å². The average Bonchev–Trinajstić information content (AvgIpc) is 2.89. The number of benzene rings is 1. The standard InChI is InChI=1S/C14H19N3O2/c1-2-8-18-10-12(15)14-16-13(19-17-14)9-11-6-4-3-5-7-11/h3-7,12H,2,8-10,15H2,1H3. The zero-order chi connectivity index (χ0) is 13.5. The molecule has 0 amide bonds. The van der Waals surface area contributed by atoms with Gasteiger partial charge in [-0.2, -0.15) is 4.98 Å². The first-order valence-electron chi connectivity index (χ1n) is 6.49. The summed E-state index contributed by atoms with van der Waals surface area (Å²) < 4.78 is 10.6. The maximum Gasteiger partial charge on any atom is 0.231 e. The van der Waals surface area contributed by atoms with E-state index in [4.69, 9.17) is 15.0 Å². The van der Waals surface area contributed by atoms with Crippen LogP contribution in [0.1, 0.15) is 36.7 Å². The third-order valence-corrected chi connectivity index (χ3v) is 2.66. The van der Waals surface area contributed by atoms with Crippen molar-refractivity contribution in [1.29, 1.82) is 0 Å². The van der Waals surface area contributed by atoms with Crippen molar-refractivity contribution < 1.29 is 9.26 Å². The molecule has 0 saturated carbocycles. The van der Waals surface area contributed by atoms with E-state index in [2.05, 4.69) is 17.1 Å². The predicted molar refractivity (Wildman–Crippen MR) is 71.6 cm³/mol. The lowest BCUT2D eigenvalue weighted by molar-refractivity contribution is 0.119. The van der Waals surface area contributed by atoms with Gasteiger partial charge in [0, 0.05) is 6.61 Å². The van der Waals surface area contributed by atoms with Crippen LogP contribution in [-0.4, -0.2) is 23.4 Å². The lowest BCUT2D eigenvalue weighted by atomic mass is 10.1. The molecule has 5 heteroatoms. The van der Waals surface area contributed by atoms with E-state index in [1.807, 2.05) is 30.3 Å². The smallest absolute Gasteiger partial charge is 0.231 e. The van der Waals surface area contributed by atoms with Crippen LogP contribution < -0.4 is 5.73 Å². The Morgan fingerprint density at radius 1 is 1.32 bits per heavy atom. The van der Waals surface area contributed by atoms with Crippen LogP contribution in [-0.2, 0) is 11.2 Å².